The molecule has 1 heterocycles. The molecule has 0 bridgehead atoms. The first kappa shape index (κ1) is 13.3. The summed E-state index contributed by atoms with van der Waals surface area (Å²) in [6.07, 6.45) is 1.88. The maximum atomic E-state index is 14.0. The summed E-state index contributed by atoms with van der Waals surface area (Å²) >= 11 is 0. The van der Waals surface area contributed by atoms with E-state index >= 15 is 0 Å². The van der Waals surface area contributed by atoms with Crippen molar-refractivity contribution in [3.05, 3.63) is 29.6 Å². The number of anilines is 1. The minimum atomic E-state index is -0.148. The fourth-order valence-electron chi connectivity index (χ4n) is 2.48. The van der Waals surface area contributed by atoms with Crippen LogP contribution >= 0.6 is 0 Å². The van der Waals surface area contributed by atoms with Crippen LogP contribution in [0.5, 0.6) is 0 Å². The molecular weight excluding hydrogens is 231 g/mol. The molecule has 0 atom stereocenters. The zero-order valence-electron chi connectivity index (χ0n) is 10.8. The highest BCUT2D eigenvalue weighted by Gasteiger charge is 2.20. The number of aliphatic hydroxyl groups excluding tert-OH is 1. The van der Waals surface area contributed by atoms with Gasteiger partial charge in [0.15, 0.2) is 0 Å². The number of nitrogens with one attached hydrogen (secondary N) is 1. The van der Waals surface area contributed by atoms with E-state index < -0.39 is 0 Å². The first-order valence-corrected chi connectivity index (χ1v) is 6.53. The van der Waals surface area contributed by atoms with Crippen molar-refractivity contribution in [3.8, 4) is 0 Å². The number of hydrogen-bond donors (Lipinski definition) is 2. The van der Waals surface area contributed by atoms with Gasteiger partial charge in [-0.3, -0.25) is 0 Å². The third-order valence-corrected chi connectivity index (χ3v) is 3.61. The van der Waals surface area contributed by atoms with Crippen LogP contribution in [0.4, 0.5) is 10.1 Å². The van der Waals surface area contributed by atoms with Gasteiger partial charge in [-0.2, -0.15) is 0 Å². The van der Waals surface area contributed by atoms with Gasteiger partial charge in [-0.1, -0.05) is 6.07 Å². The van der Waals surface area contributed by atoms with Gasteiger partial charge in [-0.15, -0.1) is 0 Å². The lowest BCUT2D eigenvalue weighted by atomic mass is 9.97. The van der Waals surface area contributed by atoms with Crippen LogP contribution in [0.25, 0.3) is 0 Å². The third kappa shape index (κ3) is 3.00. The topological polar surface area (TPSA) is 35.5 Å². The summed E-state index contributed by atoms with van der Waals surface area (Å²) in [6, 6.07) is 5.43. The van der Waals surface area contributed by atoms with Gasteiger partial charge in [0.2, 0.25) is 0 Å². The van der Waals surface area contributed by atoms with Gasteiger partial charge in [0.05, 0.1) is 5.69 Å². The fourth-order valence-corrected chi connectivity index (χ4v) is 2.48. The van der Waals surface area contributed by atoms with E-state index in [0.29, 0.717) is 18.2 Å². The Bertz CT molecular complexity index is 389. The lowest BCUT2D eigenvalue weighted by Crippen LogP contribution is -2.35. The van der Waals surface area contributed by atoms with Crippen LogP contribution in [0.2, 0.25) is 0 Å². The van der Waals surface area contributed by atoms with Crippen LogP contribution in [-0.4, -0.2) is 31.9 Å². The lowest BCUT2D eigenvalue weighted by Gasteiger charge is -2.33. The Kier molecular flexibility index (Phi) is 4.55. The Labute approximate surface area is 108 Å². The number of piperidine rings is 1. The monoisotopic (exact) mass is 252 g/mol. The summed E-state index contributed by atoms with van der Waals surface area (Å²) in [5.74, 6) is 0.234. The molecule has 3 nitrogen and oxygen atoms in total. The average molecular weight is 252 g/mol. The fraction of sp³-hybridized carbons (Fsp3) is 0.571. The van der Waals surface area contributed by atoms with Crippen LogP contribution in [0.1, 0.15) is 18.4 Å². The molecule has 0 saturated carbocycles. The second-order valence-electron chi connectivity index (χ2n) is 4.93. The van der Waals surface area contributed by atoms with E-state index in [9.17, 15) is 4.39 Å². The van der Waals surface area contributed by atoms with Gasteiger partial charge >= 0.3 is 0 Å². The molecule has 1 fully saturated rings. The third-order valence-electron chi connectivity index (χ3n) is 3.61. The molecule has 1 saturated heterocycles. The molecule has 2 N–H and O–H groups in total. The molecule has 1 aromatic carbocycles. The zero-order valence-corrected chi connectivity index (χ0v) is 10.8. The quantitative estimate of drug-likeness (QED) is 0.857. The van der Waals surface area contributed by atoms with Crippen molar-refractivity contribution >= 4 is 5.69 Å². The molecule has 1 aromatic rings. The molecule has 0 amide bonds. The molecule has 2 rings (SSSR count). The molecule has 0 unspecified atom stereocenters. The molecule has 18 heavy (non-hydrogen) atoms. The molecule has 0 radical (unpaired) electrons. The molecule has 1 aliphatic rings. The molecule has 1 aliphatic heterocycles. The first-order chi connectivity index (χ1) is 8.74. The minimum absolute atomic E-state index is 0.148. The number of nitrogens with zero attached hydrogens (tertiary/aromatic N) is 1. The SMILES string of the molecule is CNCc1ccc(N2CCC(CO)CC2)c(F)c1. The Hall–Kier alpha value is -1.13. The Balaban J connectivity index is 2.05. The second kappa shape index (κ2) is 6.16. The summed E-state index contributed by atoms with van der Waals surface area (Å²) in [7, 11) is 1.85. The van der Waals surface area contributed by atoms with E-state index in [1.54, 1.807) is 6.07 Å². The Morgan fingerprint density at radius 2 is 2.11 bits per heavy atom. The summed E-state index contributed by atoms with van der Waals surface area (Å²) in [4.78, 5) is 2.07. The summed E-state index contributed by atoms with van der Waals surface area (Å²) in [5, 5.41) is 12.1. The summed E-state index contributed by atoms with van der Waals surface area (Å²) < 4.78 is 14.0. The average Bonchev–Trinajstić information content (AvgIpc) is 2.40. The van der Waals surface area contributed by atoms with Crippen LogP contribution in [-0.2, 0) is 6.54 Å². The van der Waals surface area contributed by atoms with Crippen molar-refractivity contribution in [2.45, 2.75) is 19.4 Å². The van der Waals surface area contributed by atoms with Crippen molar-refractivity contribution in [2.75, 3.05) is 31.6 Å². The van der Waals surface area contributed by atoms with E-state index in [0.717, 1.165) is 31.5 Å². The summed E-state index contributed by atoms with van der Waals surface area (Å²) in [6.45, 7) is 2.59. The van der Waals surface area contributed by atoms with Crippen LogP contribution < -0.4 is 10.2 Å². The number of rotatable bonds is 4. The highest BCUT2D eigenvalue weighted by atomic mass is 19.1. The zero-order chi connectivity index (χ0) is 13.0. The predicted molar refractivity (Wildman–Crippen MR) is 71.2 cm³/mol. The van der Waals surface area contributed by atoms with E-state index in [1.807, 2.05) is 19.2 Å². The van der Waals surface area contributed by atoms with E-state index in [4.69, 9.17) is 5.11 Å². The predicted octanol–water partition coefficient (Wildman–Crippen LogP) is 1.75. The number of hydrogen-bond acceptors (Lipinski definition) is 3. The Morgan fingerprint density at radius 1 is 1.39 bits per heavy atom. The maximum Gasteiger partial charge on any atom is 0.146 e. The van der Waals surface area contributed by atoms with E-state index in [2.05, 4.69) is 10.2 Å². The molecule has 0 aliphatic carbocycles. The minimum Gasteiger partial charge on any atom is -0.396 e. The highest BCUT2D eigenvalue weighted by molar-refractivity contribution is 5.49. The van der Waals surface area contributed by atoms with E-state index in [-0.39, 0.29) is 12.4 Å². The number of benzene rings is 1. The molecule has 100 valence electrons. The largest absolute Gasteiger partial charge is 0.396 e. The highest BCUT2D eigenvalue weighted by Crippen LogP contribution is 2.26. The van der Waals surface area contributed by atoms with Gasteiger partial charge in [0.25, 0.3) is 0 Å². The van der Waals surface area contributed by atoms with Crippen molar-refractivity contribution in [1.29, 1.82) is 0 Å². The van der Waals surface area contributed by atoms with Crippen molar-refractivity contribution in [2.24, 2.45) is 5.92 Å². The van der Waals surface area contributed by atoms with Crippen molar-refractivity contribution in [1.82, 2.24) is 5.32 Å². The molecular formula is C14H21FN2O. The standard InChI is InChI=1S/C14H21FN2O/c1-16-9-12-2-3-14(13(15)8-12)17-6-4-11(10-18)5-7-17/h2-3,8,11,16,18H,4-7,9-10H2,1H3. The second-order valence-corrected chi connectivity index (χ2v) is 4.93. The molecule has 0 aromatic heterocycles. The summed E-state index contributed by atoms with van der Waals surface area (Å²) in [5.41, 5.74) is 1.65. The normalized spacial score (nSPS) is 17.2. The number of halogens is 1. The van der Waals surface area contributed by atoms with Gasteiger partial charge in [-0.25, -0.2) is 4.39 Å². The van der Waals surface area contributed by atoms with Gasteiger partial charge in [-0.05, 0) is 43.5 Å². The smallest absolute Gasteiger partial charge is 0.146 e. The van der Waals surface area contributed by atoms with Gasteiger partial charge in [0.1, 0.15) is 5.82 Å². The van der Waals surface area contributed by atoms with Crippen molar-refractivity contribution in [3.63, 3.8) is 0 Å². The molecule has 4 heteroatoms. The number of aliphatic hydroxyl groups is 1. The van der Waals surface area contributed by atoms with Gasteiger partial charge < -0.3 is 15.3 Å². The maximum absolute atomic E-state index is 14.0. The Morgan fingerprint density at radius 3 is 2.67 bits per heavy atom. The van der Waals surface area contributed by atoms with Crippen LogP contribution in [0.15, 0.2) is 18.2 Å². The van der Waals surface area contributed by atoms with Crippen molar-refractivity contribution < 1.29 is 9.50 Å². The van der Waals surface area contributed by atoms with Crippen LogP contribution in [0.3, 0.4) is 0 Å². The van der Waals surface area contributed by atoms with Gasteiger partial charge in [0, 0.05) is 26.2 Å². The van der Waals surface area contributed by atoms with Crippen LogP contribution in [0, 0.1) is 11.7 Å². The molecule has 0 spiro atoms. The lowest BCUT2D eigenvalue weighted by molar-refractivity contribution is 0.203. The van der Waals surface area contributed by atoms with E-state index in [1.165, 1.54) is 0 Å². The first-order valence-electron chi connectivity index (χ1n) is 6.53.